The molecule has 5 nitrogen and oxygen atoms in total. The molecule has 5 heteroatoms. The molecule has 0 aliphatic carbocycles. The molecule has 0 spiro atoms. The van der Waals surface area contributed by atoms with Crippen molar-refractivity contribution >= 4 is 11.5 Å². The molecule has 0 aliphatic heterocycles. The number of fused-ring (bicyclic) bond motifs is 1. The second-order valence-electron chi connectivity index (χ2n) is 3.40. The first-order chi connectivity index (χ1) is 7.84. The minimum atomic E-state index is 0.570. The van der Waals surface area contributed by atoms with Crippen LogP contribution in [0.4, 0.5) is 5.82 Å². The number of nitrogen functional groups attached to an aromatic ring is 1. The van der Waals surface area contributed by atoms with E-state index in [-0.39, 0.29) is 0 Å². The summed E-state index contributed by atoms with van der Waals surface area (Å²) in [6.45, 7) is 0. The first-order valence-corrected chi connectivity index (χ1v) is 4.86. The first-order valence-electron chi connectivity index (χ1n) is 4.86. The van der Waals surface area contributed by atoms with E-state index in [0.717, 1.165) is 11.2 Å². The predicted octanol–water partition coefficient (Wildman–Crippen LogP) is 1.37. The minimum absolute atomic E-state index is 0.570. The maximum absolute atomic E-state index is 5.79. The monoisotopic (exact) mass is 211 g/mol. The van der Waals surface area contributed by atoms with Crippen molar-refractivity contribution in [1.82, 2.24) is 19.6 Å². The molecule has 3 aromatic rings. The minimum Gasteiger partial charge on any atom is -0.384 e. The number of aromatic nitrogens is 4. The molecule has 0 unspecified atom stereocenters. The molecule has 3 heterocycles. The second-order valence-corrected chi connectivity index (χ2v) is 3.40. The Hall–Kier alpha value is -2.43. The standard InChI is InChI=1S/C11H9N5/c12-9-4-1-5-10-14-11(15-16(9)10)8-3-2-6-13-7-8/h1-7H,12H2. The third kappa shape index (κ3) is 1.30. The Balaban J connectivity index is 2.23. The lowest BCUT2D eigenvalue weighted by Crippen LogP contribution is -1.97. The van der Waals surface area contributed by atoms with Gasteiger partial charge >= 0.3 is 0 Å². The van der Waals surface area contributed by atoms with Crippen LogP contribution in [0.1, 0.15) is 0 Å². The number of nitrogens with two attached hydrogens (primary N) is 1. The van der Waals surface area contributed by atoms with Gasteiger partial charge in [0, 0.05) is 18.0 Å². The molecule has 78 valence electrons. The quantitative estimate of drug-likeness (QED) is 0.660. The van der Waals surface area contributed by atoms with Gasteiger partial charge in [-0.25, -0.2) is 4.98 Å². The lowest BCUT2D eigenvalue weighted by Gasteiger charge is -1.94. The topological polar surface area (TPSA) is 69.1 Å². The molecule has 3 rings (SSSR count). The highest BCUT2D eigenvalue weighted by Gasteiger charge is 2.06. The third-order valence-electron chi connectivity index (χ3n) is 2.31. The van der Waals surface area contributed by atoms with Crippen LogP contribution in [0, 0.1) is 0 Å². The molecule has 0 amide bonds. The summed E-state index contributed by atoms with van der Waals surface area (Å²) in [7, 11) is 0. The average molecular weight is 211 g/mol. The van der Waals surface area contributed by atoms with Crippen molar-refractivity contribution in [2.24, 2.45) is 0 Å². The normalized spacial score (nSPS) is 10.8. The lowest BCUT2D eigenvalue weighted by atomic mass is 10.3. The molecular weight excluding hydrogens is 202 g/mol. The summed E-state index contributed by atoms with van der Waals surface area (Å²) < 4.78 is 1.61. The third-order valence-corrected chi connectivity index (χ3v) is 2.31. The van der Waals surface area contributed by atoms with Crippen LogP contribution < -0.4 is 5.73 Å². The Morgan fingerprint density at radius 1 is 1.12 bits per heavy atom. The zero-order chi connectivity index (χ0) is 11.0. The lowest BCUT2D eigenvalue weighted by molar-refractivity contribution is 0.977. The van der Waals surface area contributed by atoms with Crippen molar-refractivity contribution in [3.8, 4) is 11.4 Å². The van der Waals surface area contributed by atoms with Gasteiger partial charge in [0.25, 0.3) is 0 Å². The van der Waals surface area contributed by atoms with E-state index < -0.39 is 0 Å². The summed E-state index contributed by atoms with van der Waals surface area (Å²) in [4.78, 5) is 8.41. The van der Waals surface area contributed by atoms with Crippen molar-refractivity contribution in [3.63, 3.8) is 0 Å². The van der Waals surface area contributed by atoms with Crippen molar-refractivity contribution in [1.29, 1.82) is 0 Å². The number of nitrogens with zero attached hydrogens (tertiary/aromatic N) is 4. The maximum atomic E-state index is 5.79. The average Bonchev–Trinajstić information content (AvgIpc) is 2.76. The number of hydrogen-bond donors (Lipinski definition) is 1. The van der Waals surface area contributed by atoms with Crippen LogP contribution in [0.15, 0.2) is 42.7 Å². The summed E-state index contributed by atoms with van der Waals surface area (Å²) in [5.74, 6) is 1.20. The Bertz CT molecular complexity index is 629. The van der Waals surface area contributed by atoms with Gasteiger partial charge in [-0.2, -0.15) is 4.52 Å². The smallest absolute Gasteiger partial charge is 0.183 e. The number of pyridine rings is 2. The van der Waals surface area contributed by atoms with E-state index in [1.54, 1.807) is 23.0 Å². The van der Waals surface area contributed by atoms with Gasteiger partial charge in [-0.05, 0) is 24.3 Å². The van der Waals surface area contributed by atoms with Crippen LogP contribution in [0.25, 0.3) is 17.0 Å². The summed E-state index contributed by atoms with van der Waals surface area (Å²) in [5.41, 5.74) is 7.41. The van der Waals surface area contributed by atoms with Crippen molar-refractivity contribution in [2.45, 2.75) is 0 Å². The zero-order valence-electron chi connectivity index (χ0n) is 8.41. The predicted molar refractivity (Wildman–Crippen MR) is 60.6 cm³/mol. The molecule has 0 bridgehead atoms. The van der Waals surface area contributed by atoms with Gasteiger partial charge in [0.15, 0.2) is 11.5 Å². The molecule has 0 radical (unpaired) electrons. The summed E-state index contributed by atoms with van der Waals surface area (Å²) in [6.07, 6.45) is 3.44. The fourth-order valence-corrected chi connectivity index (χ4v) is 1.54. The highest BCUT2D eigenvalue weighted by Crippen LogP contribution is 2.16. The summed E-state index contributed by atoms with van der Waals surface area (Å²) in [5, 5.41) is 4.32. The molecule has 0 aromatic carbocycles. The Morgan fingerprint density at radius 2 is 2.06 bits per heavy atom. The van der Waals surface area contributed by atoms with Gasteiger partial charge in [-0.15, -0.1) is 5.10 Å². The van der Waals surface area contributed by atoms with Gasteiger partial charge in [-0.3, -0.25) is 4.98 Å². The van der Waals surface area contributed by atoms with E-state index in [0.29, 0.717) is 11.6 Å². The van der Waals surface area contributed by atoms with Crippen molar-refractivity contribution in [3.05, 3.63) is 42.7 Å². The fourth-order valence-electron chi connectivity index (χ4n) is 1.54. The Kier molecular flexibility index (Phi) is 1.83. The van der Waals surface area contributed by atoms with Gasteiger partial charge in [0.05, 0.1) is 0 Å². The first kappa shape index (κ1) is 8.84. The van der Waals surface area contributed by atoms with Crippen LogP contribution >= 0.6 is 0 Å². The molecule has 0 atom stereocenters. The van der Waals surface area contributed by atoms with Gasteiger partial charge in [0.2, 0.25) is 0 Å². The number of anilines is 1. The van der Waals surface area contributed by atoms with E-state index in [4.69, 9.17) is 5.73 Å². The molecule has 16 heavy (non-hydrogen) atoms. The molecule has 2 N–H and O–H groups in total. The maximum Gasteiger partial charge on any atom is 0.183 e. The molecular formula is C11H9N5. The largest absolute Gasteiger partial charge is 0.384 e. The van der Waals surface area contributed by atoms with Crippen LogP contribution in [0.5, 0.6) is 0 Å². The van der Waals surface area contributed by atoms with E-state index >= 15 is 0 Å². The van der Waals surface area contributed by atoms with E-state index in [2.05, 4.69) is 15.1 Å². The Labute approximate surface area is 91.6 Å². The van der Waals surface area contributed by atoms with Crippen LogP contribution in [0.2, 0.25) is 0 Å². The summed E-state index contributed by atoms with van der Waals surface area (Å²) >= 11 is 0. The fraction of sp³-hybridized carbons (Fsp3) is 0. The van der Waals surface area contributed by atoms with Crippen LogP contribution in [-0.4, -0.2) is 19.6 Å². The van der Waals surface area contributed by atoms with E-state index in [9.17, 15) is 0 Å². The van der Waals surface area contributed by atoms with Crippen LogP contribution in [0.3, 0.4) is 0 Å². The Morgan fingerprint density at radius 3 is 2.81 bits per heavy atom. The highest BCUT2D eigenvalue weighted by molar-refractivity contribution is 5.58. The molecule has 0 saturated carbocycles. The van der Waals surface area contributed by atoms with Crippen molar-refractivity contribution < 1.29 is 0 Å². The van der Waals surface area contributed by atoms with E-state index in [1.165, 1.54) is 0 Å². The van der Waals surface area contributed by atoms with Gasteiger partial charge in [0.1, 0.15) is 5.82 Å². The molecule has 0 aliphatic rings. The second kappa shape index (κ2) is 3.30. The van der Waals surface area contributed by atoms with Gasteiger partial charge in [-0.1, -0.05) is 6.07 Å². The molecule has 3 aromatic heterocycles. The van der Waals surface area contributed by atoms with Gasteiger partial charge < -0.3 is 5.73 Å². The highest BCUT2D eigenvalue weighted by atomic mass is 15.3. The SMILES string of the molecule is Nc1cccc2nc(-c3cccnc3)nn12. The number of rotatable bonds is 1. The van der Waals surface area contributed by atoms with E-state index in [1.807, 2.05) is 24.3 Å². The van der Waals surface area contributed by atoms with Crippen LogP contribution in [-0.2, 0) is 0 Å². The molecule has 0 fully saturated rings. The number of hydrogen-bond acceptors (Lipinski definition) is 4. The zero-order valence-corrected chi connectivity index (χ0v) is 8.41. The van der Waals surface area contributed by atoms with Crippen molar-refractivity contribution in [2.75, 3.05) is 5.73 Å². The summed E-state index contributed by atoms with van der Waals surface area (Å²) in [6, 6.07) is 9.27. The molecule has 0 saturated heterocycles.